The molecule has 0 aliphatic carbocycles. The molecule has 1 atom stereocenters. The van der Waals surface area contributed by atoms with Crippen LogP contribution in [0.4, 0.5) is 0 Å². The molecule has 0 amide bonds. The molecule has 19 heavy (non-hydrogen) atoms. The number of nitrogens with one attached hydrogen (secondary N) is 1. The van der Waals surface area contributed by atoms with Crippen LogP contribution < -0.4 is 5.32 Å². The standard InChI is InChI=1S/C16H28N2S/c1-14(13-16-6-4-12-19-16)18(2)11-3-5-15-7-9-17-10-8-15/h4,6,12,14-15,17H,3,5,7-11,13H2,1-2H3. The average Bonchev–Trinajstić information content (AvgIpc) is 2.92. The summed E-state index contributed by atoms with van der Waals surface area (Å²) in [5, 5.41) is 5.63. The van der Waals surface area contributed by atoms with Crippen LogP contribution in [-0.2, 0) is 6.42 Å². The van der Waals surface area contributed by atoms with E-state index in [9.17, 15) is 0 Å². The molecule has 108 valence electrons. The fourth-order valence-corrected chi connectivity index (χ4v) is 3.72. The highest BCUT2D eigenvalue weighted by Gasteiger charge is 2.14. The van der Waals surface area contributed by atoms with Gasteiger partial charge in [-0.05, 0) is 83.1 Å². The minimum atomic E-state index is 0.659. The summed E-state index contributed by atoms with van der Waals surface area (Å²) in [6.07, 6.45) is 6.73. The fourth-order valence-electron chi connectivity index (χ4n) is 2.90. The minimum Gasteiger partial charge on any atom is -0.317 e. The zero-order valence-corrected chi connectivity index (χ0v) is 13.2. The highest BCUT2D eigenvalue weighted by molar-refractivity contribution is 7.09. The first kappa shape index (κ1) is 15.0. The summed E-state index contributed by atoms with van der Waals surface area (Å²) >= 11 is 1.88. The van der Waals surface area contributed by atoms with Gasteiger partial charge in [-0.25, -0.2) is 0 Å². The molecule has 1 saturated heterocycles. The first-order chi connectivity index (χ1) is 9.25. The number of thiophene rings is 1. The lowest BCUT2D eigenvalue weighted by molar-refractivity contribution is 0.238. The Morgan fingerprint density at radius 2 is 2.21 bits per heavy atom. The summed E-state index contributed by atoms with van der Waals surface area (Å²) in [6, 6.07) is 5.07. The Balaban J connectivity index is 1.61. The highest BCUT2D eigenvalue weighted by atomic mass is 32.1. The second-order valence-electron chi connectivity index (χ2n) is 5.95. The van der Waals surface area contributed by atoms with Crippen molar-refractivity contribution in [1.82, 2.24) is 10.2 Å². The molecule has 1 aliphatic heterocycles. The molecule has 0 aromatic carbocycles. The van der Waals surface area contributed by atoms with Gasteiger partial charge >= 0.3 is 0 Å². The Morgan fingerprint density at radius 1 is 1.42 bits per heavy atom. The molecule has 3 heteroatoms. The van der Waals surface area contributed by atoms with Gasteiger partial charge in [0, 0.05) is 10.9 Å². The van der Waals surface area contributed by atoms with Crippen molar-refractivity contribution >= 4 is 11.3 Å². The predicted octanol–water partition coefficient (Wildman–Crippen LogP) is 3.39. The average molecular weight is 280 g/mol. The van der Waals surface area contributed by atoms with Crippen LogP contribution in [0, 0.1) is 5.92 Å². The van der Waals surface area contributed by atoms with Crippen LogP contribution in [0.5, 0.6) is 0 Å². The van der Waals surface area contributed by atoms with Gasteiger partial charge in [0.1, 0.15) is 0 Å². The second kappa shape index (κ2) is 8.03. The van der Waals surface area contributed by atoms with Gasteiger partial charge in [0.2, 0.25) is 0 Å². The van der Waals surface area contributed by atoms with Crippen molar-refractivity contribution in [2.24, 2.45) is 5.92 Å². The summed E-state index contributed by atoms with van der Waals surface area (Å²) in [5.41, 5.74) is 0. The Labute approximate surface area is 122 Å². The number of piperidine rings is 1. The predicted molar refractivity (Wildman–Crippen MR) is 84.9 cm³/mol. The quantitative estimate of drug-likeness (QED) is 0.823. The van der Waals surface area contributed by atoms with E-state index >= 15 is 0 Å². The van der Waals surface area contributed by atoms with Crippen molar-refractivity contribution in [2.75, 3.05) is 26.7 Å². The van der Waals surface area contributed by atoms with Crippen molar-refractivity contribution in [3.63, 3.8) is 0 Å². The molecule has 0 radical (unpaired) electrons. The normalized spacial score (nSPS) is 18.9. The van der Waals surface area contributed by atoms with Crippen LogP contribution >= 0.6 is 11.3 Å². The van der Waals surface area contributed by atoms with E-state index in [-0.39, 0.29) is 0 Å². The van der Waals surface area contributed by atoms with Gasteiger partial charge < -0.3 is 10.2 Å². The molecule has 1 aliphatic rings. The van der Waals surface area contributed by atoms with E-state index in [2.05, 4.69) is 41.7 Å². The molecule has 1 N–H and O–H groups in total. The van der Waals surface area contributed by atoms with Gasteiger partial charge in [-0.1, -0.05) is 6.07 Å². The molecular weight excluding hydrogens is 252 g/mol. The monoisotopic (exact) mass is 280 g/mol. The number of likely N-dealkylation sites (N-methyl/N-ethyl adjacent to an activating group) is 1. The summed E-state index contributed by atoms with van der Waals surface area (Å²) in [6.45, 7) is 6.06. The van der Waals surface area contributed by atoms with Gasteiger partial charge in [-0.15, -0.1) is 11.3 Å². The molecule has 2 nitrogen and oxygen atoms in total. The maximum absolute atomic E-state index is 3.45. The molecule has 2 heterocycles. The first-order valence-corrected chi connectivity index (χ1v) is 8.57. The molecule has 1 aromatic heterocycles. The van der Waals surface area contributed by atoms with Gasteiger partial charge in [0.25, 0.3) is 0 Å². The van der Waals surface area contributed by atoms with Crippen molar-refractivity contribution in [3.8, 4) is 0 Å². The molecule has 0 spiro atoms. The summed E-state index contributed by atoms with van der Waals surface area (Å²) in [7, 11) is 2.28. The van der Waals surface area contributed by atoms with Crippen LogP contribution in [-0.4, -0.2) is 37.6 Å². The van der Waals surface area contributed by atoms with Crippen molar-refractivity contribution in [1.29, 1.82) is 0 Å². The van der Waals surface area contributed by atoms with Crippen LogP contribution in [0.25, 0.3) is 0 Å². The van der Waals surface area contributed by atoms with Gasteiger partial charge in [-0.3, -0.25) is 0 Å². The van der Waals surface area contributed by atoms with E-state index in [0.717, 1.165) is 5.92 Å². The molecule has 0 bridgehead atoms. The summed E-state index contributed by atoms with van der Waals surface area (Å²) in [5.74, 6) is 0.974. The van der Waals surface area contributed by atoms with E-state index in [0.29, 0.717) is 6.04 Å². The smallest absolute Gasteiger partial charge is 0.0112 e. The third-order valence-corrected chi connectivity index (χ3v) is 5.31. The van der Waals surface area contributed by atoms with Crippen LogP contribution in [0.2, 0.25) is 0 Å². The van der Waals surface area contributed by atoms with Crippen LogP contribution in [0.15, 0.2) is 17.5 Å². The maximum Gasteiger partial charge on any atom is 0.0112 e. The lowest BCUT2D eigenvalue weighted by Crippen LogP contribution is -2.32. The van der Waals surface area contributed by atoms with Crippen molar-refractivity contribution in [2.45, 2.75) is 45.1 Å². The molecular formula is C16H28N2S. The molecule has 1 fully saturated rings. The van der Waals surface area contributed by atoms with Gasteiger partial charge in [-0.2, -0.15) is 0 Å². The van der Waals surface area contributed by atoms with E-state index in [1.54, 1.807) is 0 Å². The molecule has 0 saturated carbocycles. The summed E-state index contributed by atoms with van der Waals surface area (Å²) in [4.78, 5) is 4.04. The lowest BCUT2D eigenvalue weighted by Gasteiger charge is -2.26. The van der Waals surface area contributed by atoms with E-state index < -0.39 is 0 Å². The molecule has 1 unspecified atom stereocenters. The Bertz CT molecular complexity index is 331. The molecule has 2 rings (SSSR count). The lowest BCUT2D eigenvalue weighted by atomic mass is 9.93. The van der Waals surface area contributed by atoms with E-state index in [1.165, 1.54) is 56.6 Å². The zero-order valence-electron chi connectivity index (χ0n) is 12.4. The molecule has 1 aromatic rings. The van der Waals surface area contributed by atoms with Crippen LogP contribution in [0.3, 0.4) is 0 Å². The topological polar surface area (TPSA) is 15.3 Å². The van der Waals surface area contributed by atoms with Crippen molar-refractivity contribution in [3.05, 3.63) is 22.4 Å². The van der Waals surface area contributed by atoms with Gasteiger partial charge in [0.15, 0.2) is 0 Å². The second-order valence-corrected chi connectivity index (χ2v) is 6.98. The number of hydrogen-bond donors (Lipinski definition) is 1. The van der Waals surface area contributed by atoms with Gasteiger partial charge in [0.05, 0.1) is 0 Å². The van der Waals surface area contributed by atoms with Crippen molar-refractivity contribution < 1.29 is 0 Å². The zero-order chi connectivity index (χ0) is 13.5. The van der Waals surface area contributed by atoms with E-state index in [1.807, 2.05) is 11.3 Å². The highest BCUT2D eigenvalue weighted by Crippen LogP contribution is 2.19. The fraction of sp³-hybridized carbons (Fsp3) is 0.750. The number of hydrogen-bond acceptors (Lipinski definition) is 3. The maximum atomic E-state index is 3.45. The van der Waals surface area contributed by atoms with Crippen LogP contribution in [0.1, 0.15) is 37.5 Å². The number of rotatable bonds is 7. The Hall–Kier alpha value is -0.380. The Morgan fingerprint density at radius 3 is 2.89 bits per heavy atom. The summed E-state index contributed by atoms with van der Waals surface area (Å²) < 4.78 is 0. The minimum absolute atomic E-state index is 0.659. The third kappa shape index (κ3) is 5.25. The van der Waals surface area contributed by atoms with E-state index in [4.69, 9.17) is 0 Å². The SMILES string of the molecule is CC(Cc1cccs1)N(C)CCCC1CCNCC1. The Kier molecular flexibility index (Phi) is 6.35. The third-order valence-electron chi connectivity index (χ3n) is 4.41. The largest absolute Gasteiger partial charge is 0.317 e. The number of nitrogens with zero attached hydrogens (tertiary/aromatic N) is 1. The first-order valence-electron chi connectivity index (χ1n) is 7.69.